The van der Waals surface area contributed by atoms with Crippen molar-refractivity contribution in [3.8, 4) is 22.3 Å². The quantitative estimate of drug-likeness (QED) is 0.175. The molecule has 4 aromatic rings. The van der Waals surface area contributed by atoms with E-state index in [1.54, 1.807) is 11.8 Å². The number of benzene rings is 4. The van der Waals surface area contributed by atoms with E-state index in [9.17, 15) is 14.4 Å². The van der Waals surface area contributed by atoms with Gasteiger partial charge in [0, 0.05) is 24.7 Å². The number of morpholine rings is 1. The van der Waals surface area contributed by atoms with Gasteiger partial charge < -0.3 is 24.3 Å². The highest BCUT2D eigenvalue weighted by atomic mass is 16.6. The molecule has 1 N–H and O–H groups in total. The Morgan fingerprint density at radius 3 is 1.55 bits per heavy atom. The molecule has 4 aliphatic rings. The average Bonchev–Trinajstić information content (AvgIpc) is 3.62. The average molecular weight is 659 g/mol. The Hall–Kier alpha value is -5.15. The summed E-state index contributed by atoms with van der Waals surface area (Å²) >= 11 is 0. The number of nitrogens with one attached hydrogen (secondary N) is 1. The lowest BCUT2D eigenvalue weighted by Gasteiger charge is -2.51. The van der Waals surface area contributed by atoms with Crippen molar-refractivity contribution in [2.24, 2.45) is 0 Å². The number of nitrogens with zero attached hydrogens (tertiary/aromatic N) is 1. The largest absolute Gasteiger partial charge is 0.464 e. The van der Waals surface area contributed by atoms with Gasteiger partial charge >= 0.3 is 18.2 Å². The second-order valence-electron chi connectivity index (χ2n) is 13.2. The van der Waals surface area contributed by atoms with Crippen molar-refractivity contribution < 1.29 is 33.3 Å². The van der Waals surface area contributed by atoms with Crippen LogP contribution in [0.4, 0.5) is 9.59 Å². The van der Waals surface area contributed by atoms with Crippen LogP contribution in [0, 0.1) is 0 Å². The molecular formula is C40H38N2O7. The van der Waals surface area contributed by atoms with Crippen LogP contribution >= 0.6 is 0 Å². The molecule has 49 heavy (non-hydrogen) atoms. The first-order valence-electron chi connectivity index (χ1n) is 17.0. The molecule has 2 bridgehead atoms. The Kier molecular flexibility index (Phi) is 8.08. The monoisotopic (exact) mass is 658 g/mol. The maximum Gasteiger partial charge on any atom is 0.410 e. The number of carbonyl (C=O) groups excluding carboxylic acids is 3. The van der Waals surface area contributed by atoms with E-state index in [0.717, 1.165) is 44.5 Å². The summed E-state index contributed by atoms with van der Waals surface area (Å²) in [6, 6.07) is 31.6. The van der Waals surface area contributed by atoms with Crippen molar-refractivity contribution in [3.05, 3.63) is 119 Å². The van der Waals surface area contributed by atoms with Gasteiger partial charge in [-0.25, -0.2) is 14.4 Å². The molecule has 0 radical (unpaired) electrons. The lowest BCUT2D eigenvalue weighted by atomic mass is 9.78. The van der Waals surface area contributed by atoms with Gasteiger partial charge in [0.2, 0.25) is 0 Å². The molecule has 0 spiro atoms. The highest BCUT2D eigenvalue weighted by Crippen LogP contribution is 2.46. The van der Waals surface area contributed by atoms with E-state index in [1.807, 2.05) is 48.5 Å². The number of carbonyl (C=O) groups is 3. The first-order chi connectivity index (χ1) is 24.0. The van der Waals surface area contributed by atoms with Crippen LogP contribution in [0.15, 0.2) is 97.1 Å². The molecular weight excluding hydrogens is 620 g/mol. The third-order valence-electron chi connectivity index (χ3n) is 10.5. The van der Waals surface area contributed by atoms with E-state index in [0.29, 0.717) is 0 Å². The van der Waals surface area contributed by atoms with E-state index in [2.05, 4.69) is 53.8 Å². The lowest BCUT2D eigenvalue weighted by molar-refractivity contribution is -0.160. The second kappa shape index (κ2) is 12.7. The standard InChI is InChI=1S/C40H38N2O7/c1-2-47-37(43)40(41-38(44)48-23-35-31-15-7-3-11-27(31)28-12-4-8-16-32(28)35)19-25-21-46-22-26(20-40)42(25)39(45)49-24-36-33-17-9-5-13-29(33)30-14-6-10-18-34(30)36/h3-18,25-26,35-36H,2,19-24H2,1H3,(H,41,44). The topological polar surface area (TPSA) is 103 Å². The van der Waals surface area contributed by atoms with Gasteiger partial charge in [0.25, 0.3) is 0 Å². The summed E-state index contributed by atoms with van der Waals surface area (Å²) in [6.07, 6.45) is -0.949. The molecule has 4 aromatic carbocycles. The van der Waals surface area contributed by atoms with Crippen molar-refractivity contribution in [3.63, 3.8) is 0 Å². The third kappa shape index (κ3) is 5.42. The van der Waals surface area contributed by atoms with Crippen LogP contribution < -0.4 is 5.32 Å². The van der Waals surface area contributed by atoms with E-state index in [-0.39, 0.29) is 57.7 Å². The molecule has 2 unspecified atom stereocenters. The lowest BCUT2D eigenvalue weighted by Crippen LogP contribution is -2.70. The van der Waals surface area contributed by atoms with Gasteiger partial charge in [-0.2, -0.15) is 0 Å². The molecule has 2 fully saturated rings. The van der Waals surface area contributed by atoms with E-state index < -0.39 is 35.8 Å². The highest BCUT2D eigenvalue weighted by Gasteiger charge is 2.55. The summed E-state index contributed by atoms with van der Waals surface area (Å²) in [5.74, 6) is -0.751. The molecule has 9 heteroatoms. The van der Waals surface area contributed by atoms with E-state index in [4.69, 9.17) is 18.9 Å². The number of alkyl carbamates (subject to hydrolysis) is 1. The minimum absolute atomic E-state index is 0.0777. The number of esters is 1. The molecule has 2 saturated heterocycles. The van der Waals surface area contributed by atoms with Crippen LogP contribution in [-0.2, 0) is 23.7 Å². The minimum atomic E-state index is -1.39. The SMILES string of the molecule is CCOC(=O)C1(NC(=O)OCC2c3ccccc3-c3ccccc32)CC2COCC(C1)N2C(=O)OCC1c2ccccc2-c2ccccc21. The van der Waals surface area contributed by atoms with Gasteiger partial charge in [-0.3, -0.25) is 4.90 Å². The number of amides is 2. The molecule has 2 atom stereocenters. The van der Waals surface area contributed by atoms with Crippen LogP contribution in [0.25, 0.3) is 22.3 Å². The number of fused-ring (bicyclic) bond motifs is 8. The van der Waals surface area contributed by atoms with Gasteiger partial charge in [0.1, 0.15) is 18.8 Å². The number of ether oxygens (including phenoxy) is 4. The molecule has 8 rings (SSSR count). The summed E-state index contributed by atoms with van der Waals surface area (Å²) < 4.78 is 23.3. The fourth-order valence-corrected chi connectivity index (χ4v) is 8.39. The smallest absolute Gasteiger partial charge is 0.410 e. The predicted octanol–water partition coefficient (Wildman–Crippen LogP) is 6.64. The summed E-state index contributed by atoms with van der Waals surface area (Å²) in [6.45, 7) is 2.58. The summed E-state index contributed by atoms with van der Waals surface area (Å²) in [7, 11) is 0. The molecule has 250 valence electrons. The number of hydrogen-bond donors (Lipinski definition) is 1. The molecule has 9 nitrogen and oxygen atoms in total. The van der Waals surface area contributed by atoms with Crippen LogP contribution in [0.1, 0.15) is 53.9 Å². The number of hydrogen-bond acceptors (Lipinski definition) is 7. The van der Waals surface area contributed by atoms with Crippen molar-refractivity contribution >= 4 is 18.2 Å². The minimum Gasteiger partial charge on any atom is -0.464 e. The fraction of sp³-hybridized carbons (Fsp3) is 0.325. The summed E-state index contributed by atoms with van der Waals surface area (Å²) in [5, 5.41) is 2.91. The maximum atomic E-state index is 13.8. The van der Waals surface area contributed by atoms with Gasteiger partial charge in [-0.05, 0) is 51.4 Å². The van der Waals surface area contributed by atoms with Crippen LogP contribution in [0.3, 0.4) is 0 Å². The zero-order valence-corrected chi connectivity index (χ0v) is 27.3. The van der Waals surface area contributed by atoms with Gasteiger partial charge in [-0.15, -0.1) is 0 Å². The van der Waals surface area contributed by atoms with Crippen LogP contribution in [-0.4, -0.2) is 73.7 Å². The van der Waals surface area contributed by atoms with Crippen molar-refractivity contribution in [1.82, 2.24) is 10.2 Å². The maximum absolute atomic E-state index is 13.8. The first kappa shape index (κ1) is 31.1. The molecule has 2 aliphatic heterocycles. The fourth-order valence-electron chi connectivity index (χ4n) is 8.39. The molecule has 0 saturated carbocycles. The summed E-state index contributed by atoms with van der Waals surface area (Å²) in [4.78, 5) is 42.6. The normalized spacial score (nSPS) is 21.9. The Morgan fingerprint density at radius 2 is 1.10 bits per heavy atom. The predicted molar refractivity (Wildman–Crippen MR) is 182 cm³/mol. The zero-order valence-electron chi connectivity index (χ0n) is 27.3. The molecule has 0 aromatic heterocycles. The molecule has 2 heterocycles. The molecule has 2 amide bonds. The van der Waals surface area contributed by atoms with Crippen LogP contribution in [0.2, 0.25) is 0 Å². The van der Waals surface area contributed by atoms with Crippen molar-refractivity contribution in [2.45, 2.75) is 49.2 Å². The second-order valence-corrected chi connectivity index (χ2v) is 13.2. The summed E-state index contributed by atoms with van der Waals surface area (Å²) in [5.41, 5.74) is 7.63. The van der Waals surface area contributed by atoms with Gasteiger partial charge in [0.15, 0.2) is 0 Å². The third-order valence-corrected chi connectivity index (χ3v) is 10.5. The van der Waals surface area contributed by atoms with E-state index in [1.165, 1.54) is 0 Å². The van der Waals surface area contributed by atoms with Crippen LogP contribution in [0.5, 0.6) is 0 Å². The van der Waals surface area contributed by atoms with Crippen molar-refractivity contribution in [1.29, 1.82) is 0 Å². The Labute approximate surface area is 285 Å². The van der Waals surface area contributed by atoms with E-state index >= 15 is 0 Å². The Bertz CT molecular complexity index is 1820. The Balaban J connectivity index is 0.973. The highest BCUT2D eigenvalue weighted by molar-refractivity contribution is 5.87. The van der Waals surface area contributed by atoms with Crippen molar-refractivity contribution in [2.75, 3.05) is 33.0 Å². The Morgan fingerprint density at radius 1 is 0.673 bits per heavy atom. The molecule has 2 aliphatic carbocycles. The number of rotatable bonds is 7. The number of piperidine rings is 1. The first-order valence-corrected chi connectivity index (χ1v) is 17.0. The van der Waals surface area contributed by atoms with Gasteiger partial charge in [-0.1, -0.05) is 97.1 Å². The zero-order chi connectivity index (χ0) is 33.5. The van der Waals surface area contributed by atoms with Gasteiger partial charge in [0.05, 0.1) is 31.9 Å².